The van der Waals surface area contributed by atoms with E-state index < -0.39 is 22.1 Å². The van der Waals surface area contributed by atoms with Crippen molar-refractivity contribution in [3.05, 3.63) is 11.2 Å². The van der Waals surface area contributed by atoms with Gasteiger partial charge in [0.25, 0.3) is 10.0 Å². The topological polar surface area (TPSA) is 96.8 Å². The average molecular weight is 320 g/mol. The number of rotatable bonds is 4. The fraction of sp³-hybridized carbons (Fsp3) is 0.636. The monoisotopic (exact) mass is 320 g/mol. The average Bonchev–Trinajstić information content (AvgIpc) is 3.06. The number of aliphatic hydroxyl groups excluding tert-OH is 1. The minimum absolute atomic E-state index is 0.0840. The molecule has 0 aliphatic carbocycles. The van der Waals surface area contributed by atoms with Crippen molar-refractivity contribution < 1.29 is 23.1 Å². The Morgan fingerprint density at radius 1 is 1.65 bits per heavy atom. The lowest BCUT2D eigenvalue weighted by atomic mass is 10.0. The van der Waals surface area contributed by atoms with Gasteiger partial charge in [-0.2, -0.15) is 4.31 Å². The van der Waals surface area contributed by atoms with E-state index >= 15 is 0 Å². The summed E-state index contributed by atoms with van der Waals surface area (Å²) < 4.78 is 30.7. The van der Waals surface area contributed by atoms with Crippen LogP contribution in [0.1, 0.15) is 23.8 Å². The predicted octanol–water partition coefficient (Wildman–Crippen LogP) is 0.321. The van der Waals surface area contributed by atoms with Gasteiger partial charge in [-0.15, -0.1) is 11.3 Å². The minimum atomic E-state index is -3.77. The Bertz CT molecular complexity index is 596. The number of ether oxygens (including phenoxy) is 1. The van der Waals surface area contributed by atoms with Crippen molar-refractivity contribution in [2.75, 3.05) is 20.2 Å². The first-order valence-electron chi connectivity index (χ1n) is 6.08. The van der Waals surface area contributed by atoms with E-state index in [4.69, 9.17) is 0 Å². The molecular weight excluding hydrogens is 304 g/mol. The number of methoxy groups -OCH3 is 1. The van der Waals surface area contributed by atoms with Gasteiger partial charge in [0, 0.05) is 13.1 Å². The predicted molar refractivity (Wildman–Crippen MR) is 72.0 cm³/mol. The number of aliphatic hydroxyl groups is 1. The van der Waals surface area contributed by atoms with Crippen LogP contribution < -0.4 is 0 Å². The molecule has 9 heteroatoms. The van der Waals surface area contributed by atoms with Crippen LogP contribution in [-0.4, -0.2) is 55.1 Å². The second kappa shape index (κ2) is 5.76. The van der Waals surface area contributed by atoms with Crippen molar-refractivity contribution in [3.8, 4) is 0 Å². The van der Waals surface area contributed by atoms with E-state index in [2.05, 4.69) is 9.72 Å². The Kier molecular flexibility index (Phi) is 4.43. The summed E-state index contributed by atoms with van der Waals surface area (Å²) in [6.45, 7) is 2.22. The smallest absolute Gasteiger partial charge is 0.358 e. The van der Waals surface area contributed by atoms with Gasteiger partial charge < -0.3 is 9.84 Å². The van der Waals surface area contributed by atoms with E-state index in [1.807, 2.05) is 0 Å². The fourth-order valence-corrected chi connectivity index (χ4v) is 4.92. The number of aromatic nitrogens is 1. The molecule has 112 valence electrons. The molecule has 0 saturated carbocycles. The van der Waals surface area contributed by atoms with Crippen LogP contribution in [0.25, 0.3) is 0 Å². The maximum absolute atomic E-state index is 12.5. The Balaban J connectivity index is 2.28. The molecular formula is C11H16N2O5S2. The van der Waals surface area contributed by atoms with Crippen molar-refractivity contribution in [2.24, 2.45) is 5.92 Å². The number of nitrogens with zero attached hydrogens (tertiary/aromatic N) is 2. The maximum atomic E-state index is 12.5. The normalized spacial score (nSPS) is 21.9. The molecule has 0 radical (unpaired) electrons. The summed E-state index contributed by atoms with van der Waals surface area (Å²) in [5.41, 5.74) is 1.12. The standard InChI is InChI=1S/C11H16N2O5S2/c1-7(14)8-3-4-13(5-8)20(16,17)11-9(10(15)18-2)12-6-19-11/h6-8,14H,3-5H2,1-2H3. The minimum Gasteiger partial charge on any atom is -0.464 e. The van der Waals surface area contributed by atoms with E-state index in [0.29, 0.717) is 13.0 Å². The molecule has 2 atom stereocenters. The largest absolute Gasteiger partial charge is 0.464 e. The Morgan fingerprint density at radius 2 is 2.35 bits per heavy atom. The van der Waals surface area contributed by atoms with Gasteiger partial charge in [-0.05, 0) is 19.3 Å². The highest BCUT2D eigenvalue weighted by molar-refractivity contribution is 7.91. The second-order valence-corrected chi connectivity index (χ2v) is 7.62. The first kappa shape index (κ1) is 15.4. The van der Waals surface area contributed by atoms with Crippen LogP contribution in [0.3, 0.4) is 0 Å². The lowest BCUT2D eigenvalue weighted by Crippen LogP contribution is -2.31. The Hall–Kier alpha value is -1.03. The SMILES string of the molecule is COC(=O)c1ncsc1S(=O)(=O)N1CCC(C(C)O)C1. The number of carbonyl (C=O) groups excluding carboxylic acids is 1. The van der Waals surface area contributed by atoms with Crippen molar-refractivity contribution in [1.29, 1.82) is 0 Å². The third kappa shape index (κ3) is 2.71. The molecule has 1 fully saturated rings. The molecule has 0 aromatic carbocycles. The van der Waals surface area contributed by atoms with Gasteiger partial charge in [0.05, 0.1) is 18.7 Å². The first-order chi connectivity index (χ1) is 9.37. The van der Waals surface area contributed by atoms with Gasteiger partial charge in [-0.3, -0.25) is 0 Å². The van der Waals surface area contributed by atoms with Gasteiger partial charge >= 0.3 is 5.97 Å². The van der Waals surface area contributed by atoms with Crippen LogP contribution in [-0.2, 0) is 14.8 Å². The van der Waals surface area contributed by atoms with E-state index in [0.717, 1.165) is 11.3 Å². The maximum Gasteiger partial charge on any atom is 0.358 e. The molecule has 20 heavy (non-hydrogen) atoms. The number of thiazole rings is 1. The van der Waals surface area contributed by atoms with E-state index in [1.165, 1.54) is 16.9 Å². The van der Waals surface area contributed by atoms with Crippen molar-refractivity contribution >= 4 is 27.3 Å². The third-order valence-corrected chi connectivity index (χ3v) is 6.57. The van der Waals surface area contributed by atoms with Crippen LogP contribution in [0.2, 0.25) is 0 Å². The molecule has 0 spiro atoms. The summed E-state index contributed by atoms with van der Waals surface area (Å²) in [5, 5.41) is 9.54. The molecule has 1 aliphatic heterocycles. The summed E-state index contributed by atoms with van der Waals surface area (Å²) in [6.07, 6.45) is 0.0419. The highest BCUT2D eigenvalue weighted by Crippen LogP contribution is 2.30. The summed E-state index contributed by atoms with van der Waals surface area (Å²) >= 11 is 0.893. The van der Waals surface area contributed by atoms with E-state index in [9.17, 15) is 18.3 Å². The number of hydrogen-bond donors (Lipinski definition) is 1. The number of esters is 1. The van der Waals surface area contributed by atoms with Crippen LogP contribution in [0.4, 0.5) is 0 Å². The molecule has 2 heterocycles. The van der Waals surface area contributed by atoms with Crippen LogP contribution in [0.15, 0.2) is 9.72 Å². The van der Waals surface area contributed by atoms with Crippen LogP contribution in [0, 0.1) is 5.92 Å². The fourth-order valence-electron chi connectivity index (χ4n) is 2.13. The number of carbonyl (C=O) groups is 1. The van der Waals surface area contributed by atoms with Gasteiger partial charge in [-0.1, -0.05) is 0 Å². The summed E-state index contributed by atoms with van der Waals surface area (Å²) in [4.78, 5) is 15.3. The van der Waals surface area contributed by atoms with Crippen LogP contribution >= 0.6 is 11.3 Å². The second-order valence-electron chi connectivity index (χ2n) is 4.63. The number of sulfonamides is 1. The summed E-state index contributed by atoms with van der Waals surface area (Å²) in [6, 6.07) is 0. The quantitative estimate of drug-likeness (QED) is 0.803. The molecule has 1 N–H and O–H groups in total. The van der Waals surface area contributed by atoms with Gasteiger partial charge in [0.15, 0.2) is 9.90 Å². The third-order valence-electron chi connectivity index (χ3n) is 3.36. The van der Waals surface area contributed by atoms with E-state index in [1.54, 1.807) is 6.92 Å². The van der Waals surface area contributed by atoms with Gasteiger partial charge in [-0.25, -0.2) is 18.2 Å². The molecule has 7 nitrogen and oxygen atoms in total. The zero-order valence-corrected chi connectivity index (χ0v) is 12.8. The Morgan fingerprint density at radius 3 is 2.90 bits per heavy atom. The Labute approximate surface area is 121 Å². The molecule has 1 aliphatic rings. The molecule has 0 amide bonds. The molecule has 1 saturated heterocycles. The van der Waals surface area contributed by atoms with Crippen molar-refractivity contribution in [1.82, 2.24) is 9.29 Å². The molecule has 0 bridgehead atoms. The van der Waals surface area contributed by atoms with Crippen molar-refractivity contribution in [2.45, 2.75) is 23.7 Å². The lowest BCUT2D eigenvalue weighted by Gasteiger charge is -2.17. The lowest BCUT2D eigenvalue weighted by molar-refractivity contribution is 0.0590. The summed E-state index contributed by atoms with van der Waals surface area (Å²) in [7, 11) is -2.59. The van der Waals surface area contributed by atoms with Crippen molar-refractivity contribution in [3.63, 3.8) is 0 Å². The zero-order valence-electron chi connectivity index (χ0n) is 11.1. The van der Waals surface area contributed by atoms with Gasteiger partial charge in [0.2, 0.25) is 0 Å². The summed E-state index contributed by atoms with van der Waals surface area (Å²) in [5.74, 6) is -0.852. The van der Waals surface area contributed by atoms with Crippen LogP contribution in [0.5, 0.6) is 0 Å². The molecule has 2 rings (SSSR count). The highest BCUT2D eigenvalue weighted by atomic mass is 32.2. The van der Waals surface area contributed by atoms with E-state index in [-0.39, 0.29) is 22.4 Å². The first-order valence-corrected chi connectivity index (χ1v) is 8.40. The highest BCUT2D eigenvalue weighted by Gasteiger charge is 2.37. The molecule has 1 aromatic rings. The number of hydrogen-bond acceptors (Lipinski definition) is 7. The molecule has 1 aromatic heterocycles. The zero-order chi connectivity index (χ0) is 14.9. The molecule has 2 unspecified atom stereocenters. The van der Waals surface area contributed by atoms with Gasteiger partial charge in [0.1, 0.15) is 0 Å².